The predicted molar refractivity (Wildman–Crippen MR) is 82.8 cm³/mol. The molecule has 0 amide bonds. The topological polar surface area (TPSA) is 29.3 Å². The highest BCUT2D eigenvalue weighted by Crippen LogP contribution is 2.20. The van der Waals surface area contributed by atoms with Gasteiger partial charge in [-0.05, 0) is 32.0 Å². The third-order valence-corrected chi connectivity index (χ3v) is 3.96. The van der Waals surface area contributed by atoms with Gasteiger partial charge in [0.1, 0.15) is 0 Å². The van der Waals surface area contributed by atoms with E-state index in [1.54, 1.807) is 0 Å². The van der Waals surface area contributed by atoms with Gasteiger partial charge < -0.3 is 10.6 Å². The van der Waals surface area contributed by atoms with E-state index in [4.69, 9.17) is 18.0 Å². The summed E-state index contributed by atoms with van der Waals surface area (Å²) >= 11 is 5.08. The van der Waals surface area contributed by atoms with Crippen LogP contribution in [0.5, 0.6) is 0 Å². The van der Waals surface area contributed by atoms with Gasteiger partial charge in [0.25, 0.3) is 0 Å². The zero-order valence-corrected chi connectivity index (χ0v) is 12.5. The van der Waals surface area contributed by atoms with Crippen LogP contribution < -0.4 is 5.73 Å². The third-order valence-electron chi connectivity index (χ3n) is 3.41. The fourth-order valence-corrected chi connectivity index (χ4v) is 1.77. The number of rotatable bonds is 7. The number of nitrogens with two attached hydrogens (primary N) is 1. The van der Waals surface area contributed by atoms with Crippen LogP contribution in [0.25, 0.3) is 0 Å². The van der Waals surface area contributed by atoms with Gasteiger partial charge in [0.2, 0.25) is 0 Å². The lowest BCUT2D eigenvalue weighted by Crippen LogP contribution is -2.34. The van der Waals surface area contributed by atoms with Gasteiger partial charge in [-0.15, -0.1) is 0 Å². The Bertz CT molecular complexity index is 373. The first-order valence-corrected chi connectivity index (χ1v) is 6.85. The molecule has 0 aliphatic carbocycles. The van der Waals surface area contributed by atoms with Gasteiger partial charge in [-0.25, -0.2) is 0 Å². The molecule has 0 spiro atoms. The molecule has 18 heavy (non-hydrogen) atoms. The van der Waals surface area contributed by atoms with Crippen molar-refractivity contribution in [2.75, 3.05) is 20.1 Å². The van der Waals surface area contributed by atoms with E-state index in [9.17, 15) is 0 Å². The van der Waals surface area contributed by atoms with Gasteiger partial charge >= 0.3 is 0 Å². The summed E-state index contributed by atoms with van der Waals surface area (Å²) in [7, 11) is 2.15. The molecule has 0 fully saturated rings. The smallest absolute Gasteiger partial charge is 0.0784 e. The first-order chi connectivity index (χ1) is 8.42. The van der Waals surface area contributed by atoms with Crippen molar-refractivity contribution in [2.45, 2.75) is 26.7 Å². The van der Waals surface area contributed by atoms with E-state index in [0.717, 1.165) is 25.9 Å². The van der Waals surface area contributed by atoms with Crippen molar-refractivity contribution < 1.29 is 0 Å². The predicted octanol–water partition coefficient (Wildman–Crippen LogP) is 2.86. The molecule has 0 aromatic heterocycles. The lowest BCUT2D eigenvalue weighted by Gasteiger charge is -2.26. The van der Waals surface area contributed by atoms with Crippen molar-refractivity contribution >= 4 is 17.2 Å². The molecule has 0 unspecified atom stereocenters. The molecule has 0 atom stereocenters. The lowest BCUT2D eigenvalue weighted by atomic mass is 9.89. The molecule has 0 saturated carbocycles. The molecule has 0 saturated heterocycles. The van der Waals surface area contributed by atoms with Crippen molar-refractivity contribution in [1.82, 2.24) is 4.90 Å². The van der Waals surface area contributed by atoms with E-state index in [1.807, 2.05) is 0 Å². The zero-order valence-electron chi connectivity index (χ0n) is 11.6. The molecule has 1 aromatic rings. The minimum atomic E-state index is -0.0453. The second-order valence-electron chi connectivity index (χ2n) is 5.54. The van der Waals surface area contributed by atoms with Crippen LogP contribution in [-0.2, 0) is 6.42 Å². The van der Waals surface area contributed by atoms with Crippen molar-refractivity contribution in [2.24, 2.45) is 11.1 Å². The largest absolute Gasteiger partial charge is 0.393 e. The highest BCUT2D eigenvalue weighted by atomic mass is 32.1. The fraction of sp³-hybridized carbons (Fsp3) is 0.533. The summed E-state index contributed by atoms with van der Waals surface area (Å²) in [5.41, 5.74) is 7.08. The van der Waals surface area contributed by atoms with Crippen LogP contribution in [0.15, 0.2) is 30.3 Å². The maximum absolute atomic E-state index is 5.73. The van der Waals surface area contributed by atoms with E-state index in [1.165, 1.54) is 5.56 Å². The maximum Gasteiger partial charge on any atom is 0.0784 e. The first kappa shape index (κ1) is 15.1. The van der Waals surface area contributed by atoms with Gasteiger partial charge in [-0.1, -0.05) is 56.4 Å². The summed E-state index contributed by atoms with van der Waals surface area (Å²) in [5.74, 6) is 0. The van der Waals surface area contributed by atoms with Crippen molar-refractivity contribution in [1.29, 1.82) is 0 Å². The molecule has 100 valence electrons. The minimum absolute atomic E-state index is 0.0453. The summed E-state index contributed by atoms with van der Waals surface area (Å²) in [6, 6.07) is 10.6. The van der Waals surface area contributed by atoms with Crippen LogP contribution in [0.4, 0.5) is 0 Å². The van der Waals surface area contributed by atoms with E-state index in [0.29, 0.717) is 4.99 Å². The standard InChI is InChI=1S/C15H24N2S/c1-15(2,14(16)18)10-12-17(3)11-9-13-7-5-4-6-8-13/h4-8H,9-12H2,1-3H3,(H2,16,18). The summed E-state index contributed by atoms with van der Waals surface area (Å²) in [5, 5.41) is 0. The fourth-order valence-electron chi connectivity index (χ4n) is 1.67. The second kappa shape index (κ2) is 6.86. The molecule has 2 N–H and O–H groups in total. The first-order valence-electron chi connectivity index (χ1n) is 6.44. The quantitative estimate of drug-likeness (QED) is 0.768. The molecule has 0 heterocycles. The molecule has 2 nitrogen and oxygen atoms in total. The average molecular weight is 264 g/mol. The van der Waals surface area contributed by atoms with E-state index < -0.39 is 0 Å². The number of likely N-dealkylation sites (N-methyl/N-ethyl adjacent to an activating group) is 1. The molecule has 1 aromatic carbocycles. The van der Waals surface area contributed by atoms with Crippen LogP contribution in [0.3, 0.4) is 0 Å². The van der Waals surface area contributed by atoms with Crippen LogP contribution in [0, 0.1) is 5.41 Å². The Labute approximate surface area is 116 Å². The highest BCUT2D eigenvalue weighted by Gasteiger charge is 2.21. The van der Waals surface area contributed by atoms with Crippen molar-refractivity contribution in [3.63, 3.8) is 0 Å². The van der Waals surface area contributed by atoms with Gasteiger partial charge in [0.05, 0.1) is 4.99 Å². The van der Waals surface area contributed by atoms with E-state index >= 15 is 0 Å². The molecule has 1 rings (SSSR count). The average Bonchev–Trinajstić information content (AvgIpc) is 2.35. The van der Waals surface area contributed by atoms with Crippen molar-refractivity contribution in [3.05, 3.63) is 35.9 Å². The molecule has 0 bridgehead atoms. The zero-order chi connectivity index (χ0) is 13.6. The monoisotopic (exact) mass is 264 g/mol. The number of hydrogen-bond acceptors (Lipinski definition) is 2. The molecule has 0 aliphatic heterocycles. The lowest BCUT2D eigenvalue weighted by molar-refractivity contribution is 0.295. The third kappa shape index (κ3) is 5.15. The Morgan fingerprint density at radius 1 is 1.22 bits per heavy atom. The van der Waals surface area contributed by atoms with Gasteiger partial charge in [-0.2, -0.15) is 0 Å². The van der Waals surface area contributed by atoms with Gasteiger partial charge in [0.15, 0.2) is 0 Å². The Kier molecular flexibility index (Phi) is 5.76. The van der Waals surface area contributed by atoms with Crippen molar-refractivity contribution in [3.8, 4) is 0 Å². The number of nitrogens with zero attached hydrogens (tertiary/aromatic N) is 1. The molecule has 0 radical (unpaired) electrons. The maximum atomic E-state index is 5.73. The summed E-state index contributed by atoms with van der Waals surface area (Å²) in [6.45, 7) is 6.31. The number of benzene rings is 1. The molecular formula is C15H24N2S. The van der Waals surface area contributed by atoms with Crippen LogP contribution in [0.1, 0.15) is 25.8 Å². The Hall–Kier alpha value is -0.930. The normalized spacial score (nSPS) is 11.8. The Balaban J connectivity index is 2.30. The molecule has 0 aliphatic rings. The number of thiocarbonyl (C=S) groups is 1. The molecule has 3 heteroatoms. The SMILES string of the molecule is CN(CCc1ccccc1)CCC(C)(C)C(N)=S. The van der Waals surface area contributed by atoms with Gasteiger partial charge in [0, 0.05) is 12.0 Å². The van der Waals surface area contributed by atoms with E-state index in [-0.39, 0.29) is 5.41 Å². The minimum Gasteiger partial charge on any atom is -0.393 e. The second-order valence-corrected chi connectivity index (χ2v) is 5.98. The van der Waals surface area contributed by atoms with Crippen LogP contribution in [0.2, 0.25) is 0 Å². The molecular weight excluding hydrogens is 240 g/mol. The summed E-state index contributed by atoms with van der Waals surface area (Å²) in [4.78, 5) is 2.95. The highest BCUT2D eigenvalue weighted by molar-refractivity contribution is 7.80. The van der Waals surface area contributed by atoms with Crippen LogP contribution in [-0.4, -0.2) is 30.0 Å². The number of hydrogen-bond donors (Lipinski definition) is 1. The van der Waals surface area contributed by atoms with Gasteiger partial charge in [-0.3, -0.25) is 0 Å². The summed E-state index contributed by atoms with van der Waals surface area (Å²) < 4.78 is 0. The Morgan fingerprint density at radius 3 is 2.39 bits per heavy atom. The summed E-state index contributed by atoms with van der Waals surface area (Å²) in [6.07, 6.45) is 2.10. The van der Waals surface area contributed by atoms with E-state index in [2.05, 4.69) is 56.1 Å². The van der Waals surface area contributed by atoms with Crippen LogP contribution >= 0.6 is 12.2 Å². The Morgan fingerprint density at radius 2 is 1.83 bits per heavy atom.